The fourth-order valence-electron chi connectivity index (χ4n) is 2.89. The Hall–Kier alpha value is -2.28. The first-order valence-corrected chi connectivity index (χ1v) is 6.83. The number of aromatic nitrogens is 1. The zero-order valence-electron chi connectivity index (χ0n) is 11.8. The Morgan fingerprint density at radius 3 is 2.65 bits per heavy atom. The lowest BCUT2D eigenvalue weighted by Crippen LogP contribution is -2.53. The number of rotatable bonds is 2. The van der Waals surface area contributed by atoms with Crippen LogP contribution in [0, 0.1) is 11.3 Å². The molecule has 0 spiro atoms. The van der Waals surface area contributed by atoms with Gasteiger partial charge in [0.15, 0.2) is 0 Å². The molecule has 0 N–H and O–H groups in total. The normalized spacial score (nSPS) is 16.4. The third-order valence-electron chi connectivity index (χ3n) is 4.51. The largest absolute Gasteiger partial charge is 0.340 e. The summed E-state index contributed by atoms with van der Waals surface area (Å²) in [5.74, 6) is -0.0787. The van der Waals surface area contributed by atoms with Crippen LogP contribution < -0.4 is 0 Å². The van der Waals surface area contributed by atoms with E-state index in [0.717, 1.165) is 30.2 Å². The second-order valence-electron chi connectivity index (χ2n) is 5.51. The first kappa shape index (κ1) is 12.7. The summed E-state index contributed by atoms with van der Waals surface area (Å²) < 4.78 is 1.90. The average Bonchev–Trinajstić information content (AvgIpc) is 2.75. The molecule has 0 unspecified atom stereocenters. The number of hydrogen-bond acceptors (Lipinski definition) is 2. The van der Waals surface area contributed by atoms with Gasteiger partial charge in [0.2, 0.25) is 0 Å². The van der Waals surface area contributed by atoms with Crippen molar-refractivity contribution in [3.05, 3.63) is 36.0 Å². The van der Waals surface area contributed by atoms with E-state index in [1.165, 1.54) is 0 Å². The summed E-state index contributed by atoms with van der Waals surface area (Å²) in [6.45, 7) is 0. The van der Waals surface area contributed by atoms with E-state index in [2.05, 4.69) is 6.07 Å². The molecular weight excluding hydrogens is 250 g/mol. The van der Waals surface area contributed by atoms with Crippen LogP contribution in [0.25, 0.3) is 10.9 Å². The monoisotopic (exact) mass is 267 g/mol. The van der Waals surface area contributed by atoms with Crippen LogP contribution in [0.1, 0.15) is 29.8 Å². The van der Waals surface area contributed by atoms with E-state index in [4.69, 9.17) is 0 Å². The molecule has 0 radical (unpaired) electrons. The summed E-state index contributed by atoms with van der Waals surface area (Å²) in [6, 6.07) is 12.1. The first-order chi connectivity index (χ1) is 9.59. The van der Waals surface area contributed by atoms with Crippen molar-refractivity contribution < 1.29 is 4.79 Å². The SMILES string of the molecule is CN(C(=O)c1cc2ccccc2n1C)C1(C#N)CCC1. The molecule has 1 aromatic heterocycles. The Labute approximate surface area is 118 Å². The van der Waals surface area contributed by atoms with E-state index >= 15 is 0 Å². The summed E-state index contributed by atoms with van der Waals surface area (Å²) in [7, 11) is 3.63. The summed E-state index contributed by atoms with van der Waals surface area (Å²) in [5, 5.41) is 10.4. The Morgan fingerprint density at radius 2 is 2.10 bits per heavy atom. The molecule has 1 aromatic carbocycles. The van der Waals surface area contributed by atoms with Gasteiger partial charge in [-0.1, -0.05) is 18.2 Å². The van der Waals surface area contributed by atoms with Gasteiger partial charge in [0.05, 0.1) is 6.07 Å². The Kier molecular flexibility index (Phi) is 2.79. The first-order valence-electron chi connectivity index (χ1n) is 6.83. The van der Waals surface area contributed by atoms with Gasteiger partial charge in [-0.2, -0.15) is 5.26 Å². The minimum Gasteiger partial charge on any atom is -0.340 e. The van der Waals surface area contributed by atoms with Crippen LogP contribution in [0.4, 0.5) is 0 Å². The topological polar surface area (TPSA) is 49.0 Å². The highest BCUT2D eigenvalue weighted by Gasteiger charge is 2.44. The molecule has 2 aromatic rings. The molecular formula is C16H17N3O. The molecule has 1 aliphatic rings. The molecule has 102 valence electrons. The highest BCUT2D eigenvalue weighted by molar-refractivity contribution is 5.99. The highest BCUT2D eigenvalue weighted by atomic mass is 16.2. The molecule has 1 heterocycles. The predicted molar refractivity (Wildman–Crippen MR) is 77.2 cm³/mol. The molecule has 1 fully saturated rings. The molecule has 0 saturated heterocycles. The number of carbonyl (C=O) groups excluding carboxylic acids is 1. The summed E-state index contributed by atoms with van der Waals surface area (Å²) >= 11 is 0. The maximum Gasteiger partial charge on any atom is 0.271 e. The van der Waals surface area contributed by atoms with Crippen molar-refractivity contribution in [3.8, 4) is 6.07 Å². The third-order valence-corrected chi connectivity index (χ3v) is 4.51. The summed E-state index contributed by atoms with van der Waals surface area (Å²) in [4.78, 5) is 14.3. The average molecular weight is 267 g/mol. The fraction of sp³-hybridized carbons (Fsp3) is 0.375. The molecule has 1 aliphatic carbocycles. The zero-order valence-corrected chi connectivity index (χ0v) is 11.8. The standard InChI is InChI=1S/C16H17N3O/c1-18-13-7-4-3-6-12(13)10-14(18)15(20)19(2)16(11-17)8-5-9-16/h3-4,6-7,10H,5,8-9H2,1-2H3. The molecule has 3 rings (SSSR count). The van der Waals surface area contributed by atoms with Gasteiger partial charge in [0.25, 0.3) is 5.91 Å². The van der Waals surface area contributed by atoms with Crippen molar-refractivity contribution in [2.24, 2.45) is 7.05 Å². The molecule has 1 amide bonds. The summed E-state index contributed by atoms with van der Waals surface area (Å²) in [6.07, 6.45) is 2.56. The van der Waals surface area contributed by atoms with Crippen molar-refractivity contribution in [2.45, 2.75) is 24.8 Å². The molecule has 0 bridgehead atoms. The van der Waals surface area contributed by atoms with E-state index in [0.29, 0.717) is 5.69 Å². The molecule has 0 atom stereocenters. The Bertz CT molecular complexity index is 719. The third kappa shape index (κ3) is 1.63. The van der Waals surface area contributed by atoms with Crippen molar-refractivity contribution >= 4 is 16.8 Å². The Morgan fingerprint density at radius 1 is 1.40 bits per heavy atom. The molecule has 20 heavy (non-hydrogen) atoms. The fourth-order valence-corrected chi connectivity index (χ4v) is 2.89. The lowest BCUT2D eigenvalue weighted by Gasteiger charge is -2.42. The van der Waals surface area contributed by atoms with Crippen molar-refractivity contribution in [2.75, 3.05) is 7.05 Å². The van der Waals surface area contributed by atoms with Gasteiger partial charge < -0.3 is 9.47 Å². The van der Waals surface area contributed by atoms with Gasteiger partial charge in [-0.25, -0.2) is 0 Å². The number of nitrogens with zero attached hydrogens (tertiary/aromatic N) is 3. The van der Waals surface area contributed by atoms with Crippen molar-refractivity contribution in [1.29, 1.82) is 5.26 Å². The number of para-hydroxylation sites is 1. The van der Waals surface area contributed by atoms with Crippen molar-refractivity contribution in [1.82, 2.24) is 9.47 Å². The van der Waals surface area contributed by atoms with E-state index in [9.17, 15) is 10.1 Å². The quantitative estimate of drug-likeness (QED) is 0.840. The van der Waals surface area contributed by atoms with Crippen LogP contribution >= 0.6 is 0 Å². The molecule has 4 heteroatoms. The van der Waals surface area contributed by atoms with Gasteiger partial charge >= 0.3 is 0 Å². The van der Waals surface area contributed by atoms with Crippen LogP contribution in [0.3, 0.4) is 0 Å². The number of hydrogen-bond donors (Lipinski definition) is 0. The lowest BCUT2D eigenvalue weighted by atomic mass is 9.76. The number of amides is 1. The van der Waals surface area contributed by atoms with Gasteiger partial charge in [-0.3, -0.25) is 4.79 Å². The van der Waals surface area contributed by atoms with Gasteiger partial charge in [-0.05, 0) is 31.4 Å². The molecule has 0 aliphatic heterocycles. The number of aryl methyl sites for hydroxylation is 1. The number of carbonyl (C=O) groups is 1. The molecule has 4 nitrogen and oxygen atoms in total. The number of fused-ring (bicyclic) bond motifs is 1. The lowest BCUT2D eigenvalue weighted by molar-refractivity contribution is 0.0488. The molecule has 1 saturated carbocycles. The summed E-state index contributed by atoms with van der Waals surface area (Å²) in [5.41, 5.74) is 1.06. The van der Waals surface area contributed by atoms with E-state index in [-0.39, 0.29) is 5.91 Å². The minimum absolute atomic E-state index is 0.0787. The number of nitriles is 1. The van der Waals surface area contributed by atoms with E-state index < -0.39 is 5.54 Å². The maximum atomic E-state index is 12.7. The number of benzene rings is 1. The van der Waals surface area contributed by atoms with Crippen LogP contribution in [0.5, 0.6) is 0 Å². The maximum absolute atomic E-state index is 12.7. The van der Waals surface area contributed by atoms with Crippen molar-refractivity contribution in [3.63, 3.8) is 0 Å². The van der Waals surface area contributed by atoms with Crippen LogP contribution in [0.15, 0.2) is 30.3 Å². The van der Waals surface area contributed by atoms with E-state index in [1.807, 2.05) is 41.9 Å². The second-order valence-corrected chi connectivity index (χ2v) is 5.51. The van der Waals surface area contributed by atoms with E-state index in [1.54, 1.807) is 11.9 Å². The van der Waals surface area contributed by atoms with Crippen LogP contribution in [-0.2, 0) is 7.05 Å². The van der Waals surface area contributed by atoms with Crippen LogP contribution in [0.2, 0.25) is 0 Å². The van der Waals surface area contributed by atoms with Gasteiger partial charge in [0, 0.05) is 25.0 Å². The minimum atomic E-state index is -0.604. The van der Waals surface area contributed by atoms with Crippen LogP contribution in [-0.4, -0.2) is 28.0 Å². The predicted octanol–water partition coefficient (Wildman–Crippen LogP) is 2.70. The van der Waals surface area contributed by atoms with Gasteiger partial charge in [0.1, 0.15) is 11.2 Å². The smallest absolute Gasteiger partial charge is 0.271 e. The zero-order chi connectivity index (χ0) is 14.3. The highest BCUT2D eigenvalue weighted by Crippen LogP contribution is 2.37. The van der Waals surface area contributed by atoms with Gasteiger partial charge in [-0.15, -0.1) is 0 Å². The second kappa shape index (κ2) is 4.38. The Balaban J connectivity index is 2.01.